The Labute approximate surface area is 147 Å². The van der Waals surface area contributed by atoms with Crippen LogP contribution in [0.2, 0.25) is 0 Å². The van der Waals surface area contributed by atoms with Gasteiger partial charge in [-0.25, -0.2) is 26.3 Å². The second kappa shape index (κ2) is 7.44. The third kappa shape index (κ3) is 4.60. The summed E-state index contributed by atoms with van der Waals surface area (Å²) in [6, 6.07) is 0. The fourth-order valence-corrected chi connectivity index (χ4v) is 1.84. The second-order valence-electron chi connectivity index (χ2n) is 4.82. The fraction of sp³-hybridized carbons (Fsp3) is 0.231. The molecule has 0 fully saturated rings. The van der Waals surface area contributed by atoms with Gasteiger partial charge in [-0.15, -0.1) is 0 Å². The molecule has 1 aromatic carbocycles. The Kier molecular flexibility index (Phi) is 6.31. The Bertz CT molecular complexity index is 847. The first-order chi connectivity index (χ1) is 12.7. The van der Waals surface area contributed by atoms with Crippen molar-refractivity contribution in [2.75, 3.05) is 0 Å². The van der Waals surface area contributed by atoms with Gasteiger partial charge in [-0.3, -0.25) is 0 Å². The minimum absolute atomic E-state index is 3.14. The molecule has 0 aliphatic carbocycles. The number of benzene rings is 1. The van der Waals surface area contributed by atoms with E-state index in [1.807, 2.05) is 0 Å². The van der Waals surface area contributed by atoms with Crippen LogP contribution < -0.4 is 0 Å². The maximum absolute atomic E-state index is 13.6. The molecule has 164 valence electrons. The smallest absolute Gasteiger partial charge is 0.203 e. The first kappa shape index (κ1) is 24.6. The molecule has 0 aromatic heterocycles. The molecule has 0 amide bonds. The Balaban J connectivity index is 4.39. The molecule has 0 unspecified atom stereocenters. The molecule has 1 aromatic rings. The van der Waals surface area contributed by atoms with E-state index in [-0.39, 0.29) is 0 Å². The highest BCUT2D eigenvalue weighted by Crippen LogP contribution is 2.49. The topological polar surface area (TPSA) is 0 Å². The van der Waals surface area contributed by atoms with E-state index in [9.17, 15) is 70.2 Å². The van der Waals surface area contributed by atoms with Crippen LogP contribution >= 0.6 is 0 Å². The summed E-state index contributed by atoms with van der Waals surface area (Å²) in [6.45, 7) is 0. The SMILES string of the molecule is FC(=C(/F)C(F)(F)F)/C(=C(/c1c(F)c(F)c(F)c(F)c1F)C(F)(F)F)C(F)(F)F. The van der Waals surface area contributed by atoms with Crippen molar-refractivity contribution >= 4 is 5.57 Å². The van der Waals surface area contributed by atoms with E-state index in [1.54, 1.807) is 0 Å². The quantitative estimate of drug-likeness (QED) is 0.194. The lowest BCUT2D eigenvalue weighted by Gasteiger charge is -2.21. The summed E-state index contributed by atoms with van der Waals surface area (Å²) in [4.78, 5) is 0. The van der Waals surface area contributed by atoms with Crippen LogP contribution in [0, 0.1) is 29.1 Å². The number of allylic oxidation sites excluding steroid dienone is 4. The Morgan fingerprint density at radius 2 is 0.828 bits per heavy atom. The average Bonchev–Trinajstić information content (AvgIpc) is 2.53. The van der Waals surface area contributed by atoms with Gasteiger partial charge in [0.1, 0.15) is 5.57 Å². The molecule has 0 nitrogen and oxygen atoms in total. The summed E-state index contributed by atoms with van der Waals surface area (Å²) in [6.07, 6.45) is -20.5. The summed E-state index contributed by atoms with van der Waals surface area (Å²) in [7, 11) is 0. The molecule has 0 aliphatic heterocycles. The second-order valence-corrected chi connectivity index (χ2v) is 4.82. The molecule has 0 atom stereocenters. The molecule has 0 spiro atoms. The van der Waals surface area contributed by atoms with Crippen molar-refractivity contribution in [1.82, 2.24) is 0 Å². The maximum atomic E-state index is 13.6. The van der Waals surface area contributed by atoms with Crippen molar-refractivity contribution in [1.29, 1.82) is 0 Å². The van der Waals surface area contributed by atoms with Crippen molar-refractivity contribution in [3.8, 4) is 0 Å². The summed E-state index contributed by atoms with van der Waals surface area (Å²) in [5, 5.41) is 0. The first-order valence-electron chi connectivity index (χ1n) is 6.27. The molecule has 16 heteroatoms. The number of rotatable bonds is 2. The molecule has 0 heterocycles. The van der Waals surface area contributed by atoms with Crippen molar-refractivity contribution in [2.45, 2.75) is 18.5 Å². The van der Waals surface area contributed by atoms with Gasteiger partial charge in [-0.1, -0.05) is 0 Å². The molecule has 1 rings (SSSR count). The minimum atomic E-state index is -6.95. The van der Waals surface area contributed by atoms with Crippen LogP contribution in [0.15, 0.2) is 17.2 Å². The van der Waals surface area contributed by atoms with E-state index in [1.165, 1.54) is 0 Å². The third-order valence-electron chi connectivity index (χ3n) is 2.94. The monoisotopic (exact) mass is 460 g/mol. The lowest BCUT2D eigenvalue weighted by Crippen LogP contribution is -2.26. The predicted molar refractivity (Wildman–Crippen MR) is 60.6 cm³/mol. The van der Waals surface area contributed by atoms with Crippen molar-refractivity contribution in [3.63, 3.8) is 0 Å². The van der Waals surface area contributed by atoms with Crippen LogP contribution in [0.1, 0.15) is 5.56 Å². The molecule has 29 heavy (non-hydrogen) atoms. The largest absolute Gasteiger partial charge is 0.445 e. The molecule has 0 bridgehead atoms. The predicted octanol–water partition coefficient (Wildman–Crippen LogP) is 6.97. The van der Waals surface area contributed by atoms with Crippen molar-refractivity contribution in [2.24, 2.45) is 0 Å². The number of halogens is 16. The van der Waals surface area contributed by atoms with Gasteiger partial charge >= 0.3 is 18.5 Å². The third-order valence-corrected chi connectivity index (χ3v) is 2.94. The van der Waals surface area contributed by atoms with E-state index in [0.717, 1.165) is 0 Å². The van der Waals surface area contributed by atoms with E-state index in [0.29, 0.717) is 0 Å². The Morgan fingerprint density at radius 3 is 1.10 bits per heavy atom. The zero-order valence-corrected chi connectivity index (χ0v) is 12.5. The van der Waals surface area contributed by atoms with Crippen LogP contribution in [0.25, 0.3) is 5.57 Å². The molecule has 0 N–H and O–H groups in total. The standard InChI is InChI=1S/C13F16/c14-4-1(5(15)8(18)9(19)7(4)17)2(11(21,22)23)3(12(24,25)26)6(16)10(20)13(27,28)29/b3-2+,10-6+. The zero-order valence-electron chi connectivity index (χ0n) is 12.5. The summed E-state index contributed by atoms with van der Waals surface area (Å²) < 4.78 is 206. The first-order valence-corrected chi connectivity index (χ1v) is 6.27. The average molecular weight is 460 g/mol. The van der Waals surface area contributed by atoms with Crippen LogP contribution in [-0.4, -0.2) is 18.5 Å². The molecule has 0 saturated heterocycles. The lowest BCUT2D eigenvalue weighted by molar-refractivity contribution is -0.116. The van der Waals surface area contributed by atoms with Crippen molar-refractivity contribution < 1.29 is 70.2 Å². The summed E-state index contributed by atoms with van der Waals surface area (Å²) in [5.41, 5.74) is -11.9. The number of alkyl halides is 9. The van der Waals surface area contributed by atoms with Gasteiger partial charge in [0.2, 0.25) is 11.6 Å². The zero-order chi connectivity index (χ0) is 23.3. The minimum Gasteiger partial charge on any atom is -0.203 e. The normalized spacial score (nSPS) is 15.3. The lowest BCUT2D eigenvalue weighted by atomic mass is 9.95. The van der Waals surface area contributed by atoms with E-state index in [2.05, 4.69) is 0 Å². The molecule has 0 radical (unpaired) electrons. The molecular formula is C13F16. The van der Waals surface area contributed by atoms with Crippen LogP contribution in [-0.2, 0) is 0 Å². The summed E-state index contributed by atoms with van der Waals surface area (Å²) >= 11 is 0. The number of hydrogen-bond donors (Lipinski definition) is 0. The van der Waals surface area contributed by atoms with E-state index < -0.39 is 76.0 Å². The van der Waals surface area contributed by atoms with Crippen molar-refractivity contribution in [3.05, 3.63) is 51.9 Å². The Morgan fingerprint density at radius 1 is 0.483 bits per heavy atom. The highest BCUT2D eigenvalue weighted by atomic mass is 19.4. The van der Waals surface area contributed by atoms with E-state index >= 15 is 0 Å². The van der Waals surface area contributed by atoms with Gasteiger partial charge in [0.25, 0.3) is 0 Å². The van der Waals surface area contributed by atoms with Gasteiger partial charge in [0.15, 0.2) is 29.1 Å². The van der Waals surface area contributed by atoms with Crippen LogP contribution in [0.4, 0.5) is 70.2 Å². The number of hydrogen-bond acceptors (Lipinski definition) is 0. The van der Waals surface area contributed by atoms with Crippen LogP contribution in [0.5, 0.6) is 0 Å². The van der Waals surface area contributed by atoms with Gasteiger partial charge in [0.05, 0.1) is 11.1 Å². The maximum Gasteiger partial charge on any atom is 0.445 e. The van der Waals surface area contributed by atoms with Gasteiger partial charge in [-0.05, 0) is 0 Å². The highest BCUT2D eigenvalue weighted by Gasteiger charge is 2.53. The Hall–Kier alpha value is -2.42. The molecule has 0 aliphatic rings. The van der Waals surface area contributed by atoms with Gasteiger partial charge < -0.3 is 0 Å². The van der Waals surface area contributed by atoms with Gasteiger partial charge in [-0.2, -0.15) is 43.9 Å². The summed E-state index contributed by atoms with van der Waals surface area (Å²) in [5.74, 6) is -25.5. The van der Waals surface area contributed by atoms with Crippen LogP contribution in [0.3, 0.4) is 0 Å². The van der Waals surface area contributed by atoms with Gasteiger partial charge in [0, 0.05) is 0 Å². The molecule has 0 saturated carbocycles. The highest BCUT2D eigenvalue weighted by molar-refractivity contribution is 5.77. The fourth-order valence-electron chi connectivity index (χ4n) is 1.84. The van der Waals surface area contributed by atoms with E-state index in [4.69, 9.17) is 0 Å². The molecular weight excluding hydrogens is 460 g/mol.